The van der Waals surface area contributed by atoms with Crippen molar-refractivity contribution >= 4 is 12.6 Å². The Bertz CT molecular complexity index is 241. The molecule has 0 aliphatic rings. The molecule has 0 saturated heterocycles. The van der Waals surface area contributed by atoms with Crippen molar-refractivity contribution in [1.29, 1.82) is 0 Å². The summed E-state index contributed by atoms with van der Waals surface area (Å²) < 4.78 is 0. The Kier molecular flexibility index (Phi) is 2.89. The predicted octanol–water partition coefficient (Wildman–Crippen LogP) is 2.85. The molecule has 1 aromatic rings. The van der Waals surface area contributed by atoms with Gasteiger partial charge in [-0.15, -0.1) is 0 Å². The molecule has 0 aromatic heterocycles. The summed E-state index contributed by atoms with van der Waals surface area (Å²) in [4.78, 5) is 1.01. The maximum absolute atomic E-state index is 5.18. The van der Waals surface area contributed by atoms with Crippen molar-refractivity contribution in [2.75, 3.05) is 0 Å². The molecular formula is C10H13S-. The first-order chi connectivity index (χ1) is 5.24. The van der Waals surface area contributed by atoms with Crippen LogP contribution in [-0.2, 0) is 19.0 Å². The van der Waals surface area contributed by atoms with E-state index in [0.29, 0.717) is 0 Å². The van der Waals surface area contributed by atoms with Crippen LogP contribution in [0.1, 0.15) is 24.5 Å². The van der Waals surface area contributed by atoms with Gasteiger partial charge >= 0.3 is 0 Å². The molecule has 0 radical (unpaired) electrons. The van der Waals surface area contributed by atoms with Crippen LogP contribution < -0.4 is 0 Å². The van der Waals surface area contributed by atoms with Gasteiger partial charge in [-0.1, -0.05) is 42.7 Å². The average molecular weight is 165 g/mol. The molecule has 1 rings (SSSR count). The summed E-state index contributed by atoms with van der Waals surface area (Å²) in [7, 11) is 0. The lowest BCUT2D eigenvalue weighted by Crippen LogP contribution is -1.88. The van der Waals surface area contributed by atoms with Crippen molar-refractivity contribution in [3.63, 3.8) is 0 Å². The van der Waals surface area contributed by atoms with Crippen LogP contribution in [0, 0.1) is 6.92 Å². The van der Waals surface area contributed by atoms with E-state index in [1.807, 2.05) is 6.07 Å². The van der Waals surface area contributed by atoms with Crippen LogP contribution in [0.25, 0.3) is 0 Å². The van der Waals surface area contributed by atoms with Crippen LogP contribution in [0.15, 0.2) is 23.1 Å². The van der Waals surface area contributed by atoms with E-state index in [1.165, 1.54) is 17.5 Å². The van der Waals surface area contributed by atoms with Crippen molar-refractivity contribution in [3.05, 3.63) is 29.3 Å². The normalized spacial score (nSPS) is 10.0. The third kappa shape index (κ3) is 2.19. The molecule has 0 unspecified atom stereocenters. The summed E-state index contributed by atoms with van der Waals surface area (Å²) in [5, 5.41) is 0. The van der Waals surface area contributed by atoms with E-state index in [2.05, 4.69) is 26.0 Å². The minimum atomic E-state index is 1.01. The van der Waals surface area contributed by atoms with Crippen molar-refractivity contribution in [2.24, 2.45) is 0 Å². The van der Waals surface area contributed by atoms with Gasteiger partial charge in [0, 0.05) is 0 Å². The van der Waals surface area contributed by atoms with Crippen molar-refractivity contribution in [2.45, 2.75) is 31.6 Å². The molecule has 0 spiro atoms. The molecule has 0 N–H and O–H groups in total. The Hall–Kier alpha value is -0.560. The van der Waals surface area contributed by atoms with Gasteiger partial charge in [-0.2, -0.15) is 4.90 Å². The first-order valence-electron chi connectivity index (χ1n) is 4.00. The second-order valence-electron chi connectivity index (χ2n) is 2.86. The lowest BCUT2D eigenvalue weighted by Gasteiger charge is -2.13. The number of hydrogen-bond acceptors (Lipinski definition) is 1. The fourth-order valence-corrected chi connectivity index (χ4v) is 1.40. The molecule has 0 saturated carbocycles. The van der Waals surface area contributed by atoms with E-state index in [4.69, 9.17) is 12.6 Å². The van der Waals surface area contributed by atoms with Gasteiger partial charge in [0.2, 0.25) is 0 Å². The third-order valence-electron chi connectivity index (χ3n) is 1.74. The Morgan fingerprint density at radius 1 is 1.36 bits per heavy atom. The Labute approximate surface area is 74.0 Å². The van der Waals surface area contributed by atoms with Crippen molar-refractivity contribution in [1.82, 2.24) is 0 Å². The standard InChI is InChI=1S/C10H14S/c1-3-4-9-7-8(2)5-6-10(9)11/h5-7,11H,3-4H2,1-2H3/p-1. The minimum absolute atomic E-state index is 1.01. The molecule has 0 amide bonds. The highest BCUT2D eigenvalue weighted by Crippen LogP contribution is 2.12. The van der Waals surface area contributed by atoms with Crippen LogP contribution in [0.2, 0.25) is 0 Å². The van der Waals surface area contributed by atoms with E-state index in [1.54, 1.807) is 0 Å². The highest BCUT2D eigenvalue weighted by molar-refractivity contribution is 7.58. The van der Waals surface area contributed by atoms with E-state index >= 15 is 0 Å². The van der Waals surface area contributed by atoms with E-state index in [9.17, 15) is 0 Å². The SMILES string of the molecule is CCCc1cc(C)ccc1[S-]. The van der Waals surface area contributed by atoms with Gasteiger partial charge in [-0.05, 0) is 13.3 Å². The summed E-state index contributed by atoms with van der Waals surface area (Å²) in [6.45, 7) is 4.28. The zero-order valence-corrected chi connectivity index (χ0v) is 7.87. The summed E-state index contributed by atoms with van der Waals surface area (Å²) in [5.41, 5.74) is 2.63. The van der Waals surface area contributed by atoms with Gasteiger partial charge in [-0.3, -0.25) is 0 Å². The fourth-order valence-electron chi connectivity index (χ4n) is 1.17. The summed E-state index contributed by atoms with van der Waals surface area (Å²) in [6.07, 6.45) is 2.29. The smallest absolute Gasteiger partial charge is 0.0296 e. The molecule has 0 aliphatic carbocycles. The van der Waals surface area contributed by atoms with Gasteiger partial charge in [0.05, 0.1) is 0 Å². The van der Waals surface area contributed by atoms with E-state index in [0.717, 1.165) is 11.3 Å². The number of aryl methyl sites for hydroxylation is 2. The molecule has 0 heterocycles. The quantitative estimate of drug-likeness (QED) is 0.607. The van der Waals surface area contributed by atoms with Crippen LogP contribution in [0.3, 0.4) is 0 Å². The van der Waals surface area contributed by atoms with Crippen LogP contribution in [0.4, 0.5) is 0 Å². The highest BCUT2D eigenvalue weighted by Gasteiger charge is 1.91. The molecule has 1 aromatic carbocycles. The second kappa shape index (κ2) is 3.72. The van der Waals surface area contributed by atoms with E-state index < -0.39 is 0 Å². The fraction of sp³-hybridized carbons (Fsp3) is 0.400. The van der Waals surface area contributed by atoms with Gasteiger partial charge in [-0.25, -0.2) is 0 Å². The molecule has 0 nitrogen and oxygen atoms in total. The summed E-state index contributed by atoms with van der Waals surface area (Å²) >= 11 is 5.18. The Morgan fingerprint density at radius 3 is 2.73 bits per heavy atom. The molecule has 1 heteroatoms. The van der Waals surface area contributed by atoms with Gasteiger partial charge < -0.3 is 12.6 Å². The molecule has 0 atom stereocenters. The second-order valence-corrected chi connectivity index (χ2v) is 3.30. The van der Waals surface area contributed by atoms with Crippen LogP contribution in [0.5, 0.6) is 0 Å². The zero-order valence-electron chi connectivity index (χ0n) is 7.05. The molecule has 0 aliphatic heterocycles. The lowest BCUT2D eigenvalue weighted by molar-refractivity contribution is 0.899. The van der Waals surface area contributed by atoms with Crippen LogP contribution in [-0.4, -0.2) is 0 Å². The first kappa shape index (κ1) is 8.54. The van der Waals surface area contributed by atoms with Gasteiger partial charge in [0.1, 0.15) is 0 Å². The lowest BCUT2D eigenvalue weighted by atomic mass is 10.1. The largest absolute Gasteiger partial charge is 0.779 e. The molecule has 60 valence electrons. The van der Waals surface area contributed by atoms with Crippen molar-refractivity contribution in [3.8, 4) is 0 Å². The third-order valence-corrected chi connectivity index (χ3v) is 2.13. The predicted molar refractivity (Wildman–Crippen MR) is 50.8 cm³/mol. The van der Waals surface area contributed by atoms with Crippen molar-refractivity contribution < 1.29 is 0 Å². The number of hydrogen-bond donors (Lipinski definition) is 0. The Morgan fingerprint density at radius 2 is 2.09 bits per heavy atom. The summed E-state index contributed by atoms with van der Waals surface area (Å²) in [6, 6.07) is 6.28. The molecular weight excluding hydrogens is 152 g/mol. The molecule has 11 heavy (non-hydrogen) atoms. The maximum Gasteiger partial charge on any atom is -0.0296 e. The average Bonchev–Trinajstić information content (AvgIpc) is 1.98. The monoisotopic (exact) mass is 165 g/mol. The van der Waals surface area contributed by atoms with Gasteiger partial charge in [0.25, 0.3) is 0 Å². The highest BCUT2D eigenvalue weighted by atomic mass is 32.1. The number of benzene rings is 1. The molecule has 0 bridgehead atoms. The molecule has 0 fully saturated rings. The maximum atomic E-state index is 5.18. The summed E-state index contributed by atoms with van der Waals surface area (Å²) in [5.74, 6) is 0. The zero-order chi connectivity index (χ0) is 8.27. The number of rotatable bonds is 2. The minimum Gasteiger partial charge on any atom is -0.779 e. The van der Waals surface area contributed by atoms with E-state index in [-0.39, 0.29) is 0 Å². The van der Waals surface area contributed by atoms with Gasteiger partial charge in [0.15, 0.2) is 0 Å². The van der Waals surface area contributed by atoms with Crippen LogP contribution >= 0.6 is 0 Å². The topological polar surface area (TPSA) is 0 Å². The Balaban J connectivity index is 2.93. The first-order valence-corrected chi connectivity index (χ1v) is 4.41.